The number of piperidine rings is 1. The lowest BCUT2D eigenvalue weighted by atomic mass is 9.90. The van der Waals surface area contributed by atoms with Crippen molar-refractivity contribution in [3.05, 3.63) is 59.9 Å². The van der Waals surface area contributed by atoms with Gasteiger partial charge in [-0.1, -0.05) is 77.6 Å². The van der Waals surface area contributed by atoms with Crippen molar-refractivity contribution in [3.63, 3.8) is 0 Å². The van der Waals surface area contributed by atoms with Gasteiger partial charge >= 0.3 is 30.1 Å². The standard InChI is InChI=1S/C40H53FN2O11/c1-5-9-20-49-33(44)38-26-43(37(48)52-23-12-8-4)27-39(38,34(45)50-21-10-6-2)40(38,35(46)51-22-11-7-3)28-54-32-19-18-29(24-31(32)41)25-53-36(47)42-30-16-14-13-15-17-30/h13-19,24H,5-12,20-23,25-28H2,1-4H3,(H,42,47)/t38-,39?,40?/m0/s1. The van der Waals surface area contributed by atoms with Gasteiger partial charge in [-0.25, -0.2) is 14.0 Å². The molecule has 1 saturated heterocycles. The number of unbranched alkanes of at least 4 members (excludes halogenated alkanes) is 4. The van der Waals surface area contributed by atoms with E-state index in [1.54, 1.807) is 30.3 Å². The van der Waals surface area contributed by atoms with Gasteiger partial charge in [-0.2, -0.15) is 0 Å². The molecular weight excluding hydrogens is 703 g/mol. The van der Waals surface area contributed by atoms with Gasteiger partial charge in [-0.3, -0.25) is 19.7 Å². The number of benzene rings is 2. The molecule has 4 rings (SSSR count). The normalized spacial score (nSPS) is 21.0. The quantitative estimate of drug-likeness (QED) is 0.0780. The summed E-state index contributed by atoms with van der Waals surface area (Å²) in [6.45, 7) is 6.04. The summed E-state index contributed by atoms with van der Waals surface area (Å²) >= 11 is 0. The predicted octanol–water partition coefficient (Wildman–Crippen LogP) is 7.21. The van der Waals surface area contributed by atoms with Crippen LogP contribution in [0.1, 0.15) is 84.6 Å². The third-order valence-electron chi connectivity index (χ3n) is 10.0. The first-order valence-corrected chi connectivity index (χ1v) is 18.9. The van der Waals surface area contributed by atoms with Gasteiger partial charge < -0.3 is 33.3 Å². The van der Waals surface area contributed by atoms with E-state index < -0.39 is 71.9 Å². The maximum Gasteiger partial charge on any atom is 0.411 e. The largest absolute Gasteiger partial charge is 0.489 e. The molecule has 296 valence electrons. The van der Waals surface area contributed by atoms with Crippen molar-refractivity contribution in [1.82, 2.24) is 4.90 Å². The van der Waals surface area contributed by atoms with Crippen molar-refractivity contribution < 1.29 is 56.8 Å². The van der Waals surface area contributed by atoms with E-state index >= 15 is 4.39 Å². The number of likely N-dealkylation sites (tertiary alicyclic amines) is 1. The average molecular weight is 757 g/mol. The summed E-state index contributed by atoms with van der Waals surface area (Å²) in [7, 11) is 0. The molecule has 0 aromatic heterocycles. The van der Waals surface area contributed by atoms with E-state index in [1.807, 2.05) is 27.7 Å². The van der Waals surface area contributed by atoms with Gasteiger partial charge in [0.1, 0.15) is 29.5 Å². The lowest BCUT2D eigenvalue weighted by Crippen LogP contribution is -2.47. The number of nitrogens with zero attached hydrogens (tertiary/aromatic N) is 1. The van der Waals surface area contributed by atoms with Crippen molar-refractivity contribution >= 4 is 35.8 Å². The molecule has 14 heteroatoms. The van der Waals surface area contributed by atoms with Crippen LogP contribution in [0.5, 0.6) is 5.75 Å². The Hall–Kier alpha value is -4.88. The number of halogens is 1. The molecule has 2 unspecified atom stereocenters. The second kappa shape index (κ2) is 19.4. The predicted molar refractivity (Wildman–Crippen MR) is 195 cm³/mol. The molecule has 1 aliphatic carbocycles. The second-order valence-corrected chi connectivity index (χ2v) is 13.6. The van der Waals surface area contributed by atoms with E-state index in [-0.39, 0.29) is 38.8 Å². The topological polar surface area (TPSA) is 156 Å². The minimum Gasteiger partial charge on any atom is -0.489 e. The van der Waals surface area contributed by atoms with Gasteiger partial charge in [0.05, 0.1) is 26.4 Å². The highest BCUT2D eigenvalue weighted by atomic mass is 19.1. The number of hydrogen-bond donors (Lipinski definition) is 1. The maximum atomic E-state index is 15.6. The van der Waals surface area contributed by atoms with Crippen LogP contribution in [-0.4, -0.2) is 81.1 Å². The Balaban J connectivity index is 1.68. The third kappa shape index (κ3) is 8.57. The minimum atomic E-state index is -2.05. The number of rotatable bonds is 21. The molecule has 3 atom stereocenters. The molecule has 1 aliphatic heterocycles. The summed E-state index contributed by atoms with van der Waals surface area (Å²) in [5.74, 6) is -3.82. The molecule has 2 aliphatic rings. The Morgan fingerprint density at radius 3 is 1.72 bits per heavy atom. The highest BCUT2D eigenvalue weighted by Gasteiger charge is 3.02. The number of esters is 3. The lowest BCUT2D eigenvalue weighted by molar-refractivity contribution is -0.164. The average Bonchev–Trinajstić information content (AvgIpc) is 3.45. The number of para-hydroxylation sites is 1. The highest BCUT2D eigenvalue weighted by Crippen LogP contribution is 2.82. The number of carbonyl (C=O) groups is 5. The monoisotopic (exact) mass is 756 g/mol. The van der Waals surface area contributed by atoms with E-state index in [2.05, 4.69) is 5.32 Å². The molecule has 2 aromatic carbocycles. The number of carbonyl (C=O) groups excluding carboxylic acids is 5. The molecule has 2 fully saturated rings. The zero-order valence-corrected chi connectivity index (χ0v) is 31.7. The van der Waals surface area contributed by atoms with E-state index in [0.29, 0.717) is 56.2 Å². The number of nitrogens with one attached hydrogen (secondary N) is 1. The number of anilines is 1. The van der Waals surface area contributed by atoms with Crippen LogP contribution in [-0.2, 0) is 44.7 Å². The number of ether oxygens (including phenoxy) is 6. The molecule has 2 amide bonds. The summed E-state index contributed by atoms with van der Waals surface area (Å²) in [5.41, 5.74) is -5.19. The molecule has 2 aromatic rings. The van der Waals surface area contributed by atoms with Crippen molar-refractivity contribution in [2.75, 3.05) is 51.4 Å². The summed E-state index contributed by atoms with van der Waals surface area (Å²) in [6.07, 6.45) is 3.50. The van der Waals surface area contributed by atoms with E-state index in [4.69, 9.17) is 28.4 Å². The first-order valence-electron chi connectivity index (χ1n) is 18.9. The van der Waals surface area contributed by atoms with Crippen LogP contribution in [0.15, 0.2) is 48.5 Å². The summed E-state index contributed by atoms with van der Waals surface area (Å²) in [6, 6.07) is 12.6. The number of hydrogen-bond acceptors (Lipinski definition) is 11. The Labute approximate surface area is 316 Å². The zero-order valence-electron chi connectivity index (χ0n) is 31.7. The lowest BCUT2D eigenvalue weighted by Gasteiger charge is -2.30. The van der Waals surface area contributed by atoms with Crippen LogP contribution >= 0.6 is 0 Å². The highest BCUT2D eigenvalue weighted by molar-refractivity contribution is 6.09. The van der Waals surface area contributed by atoms with Crippen molar-refractivity contribution in [2.45, 2.75) is 85.7 Å². The minimum absolute atomic E-state index is 0.00233. The molecule has 13 nitrogen and oxygen atoms in total. The Morgan fingerprint density at radius 1 is 0.685 bits per heavy atom. The van der Waals surface area contributed by atoms with E-state index in [0.717, 1.165) is 12.5 Å². The summed E-state index contributed by atoms with van der Waals surface area (Å²) in [5, 5.41) is 2.58. The maximum absolute atomic E-state index is 15.6. The SMILES string of the molecule is CCCCOC(=O)N1CC2(C(=O)OCCCC)C(COc3ccc(COC(=O)Nc4ccccc4)cc3F)(C(=O)OCCCC)[C@]2(C(=O)OCCCC)C1. The van der Waals surface area contributed by atoms with Gasteiger partial charge in [0.15, 0.2) is 11.6 Å². The molecule has 0 radical (unpaired) electrons. The first kappa shape index (κ1) is 41.9. The van der Waals surface area contributed by atoms with Crippen molar-refractivity contribution in [1.29, 1.82) is 0 Å². The molecule has 0 bridgehead atoms. The fourth-order valence-electron chi connectivity index (χ4n) is 7.00. The van der Waals surface area contributed by atoms with Gasteiger partial charge in [-0.15, -0.1) is 0 Å². The number of fused-ring (bicyclic) bond motifs is 1. The zero-order chi connectivity index (χ0) is 39.2. The smallest absolute Gasteiger partial charge is 0.411 e. The third-order valence-corrected chi connectivity index (χ3v) is 10.0. The molecule has 54 heavy (non-hydrogen) atoms. The Kier molecular flexibility index (Phi) is 15.1. The molecule has 1 saturated carbocycles. The number of amides is 2. The molecular formula is C40H53FN2O11. The summed E-state index contributed by atoms with van der Waals surface area (Å²) < 4.78 is 49.6. The molecule has 1 N–H and O–H groups in total. The van der Waals surface area contributed by atoms with Crippen LogP contribution in [0.3, 0.4) is 0 Å². The van der Waals surface area contributed by atoms with Crippen molar-refractivity contribution in [3.8, 4) is 5.75 Å². The van der Waals surface area contributed by atoms with Crippen molar-refractivity contribution in [2.24, 2.45) is 16.2 Å². The van der Waals surface area contributed by atoms with Gasteiger partial charge in [0, 0.05) is 18.8 Å². The van der Waals surface area contributed by atoms with Gasteiger partial charge in [0.25, 0.3) is 0 Å². The van der Waals surface area contributed by atoms with Gasteiger partial charge in [0.2, 0.25) is 0 Å². The first-order chi connectivity index (χ1) is 26.1. The van der Waals surface area contributed by atoms with Crippen LogP contribution in [0.2, 0.25) is 0 Å². The van der Waals surface area contributed by atoms with Crippen LogP contribution in [0, 0.1) is 22.1 Å². The molecule has 1 heterocycles. The second-order valence-electron chi connectivity index (χ2n) is 13.6. The fraction of sp³-hybridized carbons (Fsp3) is 0.575. The van der Waals surface area contributed by atoms with Crippen LogP contribution < -0.4 is 10.1 Å². The van der Waals surface area contributed by atoms with Gasteiger partial charge in [-0.05, 0) is 55.5 Å². The Bertz CT molecular complexity index is 1570. The van der Waals surface area contributed by atoms with E-state index in [9.17, 15) is 24.0 Å². The Morgan fingerprint density at radius 2 is 1.20 bits per heavy atom. The van der Waals surface area contributed by atoms with Crippen LogP contribution in [0.25, 0.3) is 0 Å². The molecule has 0 spiro atoms. The fourth-order valence-corrected chi connectivity index (χ4v) is 7.00. The summed E-state index contributed by atoms with van der Waals surface area (Å²) in [4.78, 5) is 70.0. The van der Waals surface area contributed by atoms with E-state index in [1.165, 1.54) is 17.0 Å². The van der Waals surface area contributed by atoms with Crippen LogP contribution in [0.4, 0.5) is 19.7 Å².